The molecule has 0 fully saturated rings. The van der Waals surface area contributed by atoms with Crippen molar-refractivity contribution in [2.24, 2.45) is 0 Å². The van der Waals surface area contributed by atoms with E-state index in [1.165, 1.54) is 26.0 Å². The van der Waals surface area contributed by atoms with Gasteiger partial charge < -0.3 is 0 Å². The van der Waals surface area contributed by atoms with Crippen molar-refractivity contribution >= 4 is 42.4 Å². The summed E-state index contributed by atoms with van der Waals surface area (Å²) < 4.78 is 34.8. The first-order valence-electron chi connectivity index (χ1n) is 6.38. The summed E-state index contributed by atoms with van der Waals surface area (Å²) in [5.74, 6) is -1.23. The van der Waals surface area contributed by atoms with E-state index in [4.69, 9.17) is 6.13 Å². The maximum absolute atomic E-state index is 12.7. The molecule has 0 aliphatic rings. The van der Waals surface area contributed by atoms with Crippen LogP contribution >= 0.6 is 20.6 Å². The van der Waals surface area contributed by atoms with Crippen molar-refractivity contribution in [3.8, 4) is 0 Å². The first kappa shape index (κ1) is 18.9. The quantitative estimate of drug-likeness (QED) is 0.667. The van der Waals surface area contributed by atoms with Crippen LogP contribution in [-0.4, -0.2) is 25.1 Å². The normalized spacial score (nSPS) is 12.5. The Morgan fingerprint density at radius 2 is 1.45 bits per heavy atom. The Morgan fingerprint density at radius 1 is 1.00 bits per heavy atom. The number of sulfone groups is 1. The van der Waals surface area contributed by atoms with Crippen LogP contribution in [0.5, 0.6) is 0 Å². The molecule has 0 aliphatic carbocycles. The molecule has 1 rings (SSSR count). The first-order chi connectivity index (χ1) is 9.96. The Kier molecular flexibility index (Phi) is 5.96. The van der Waals surface area contributed by atoms with Crippen LogP contribution in [0.15, 0.2) is 29.2 Å². The van der Waals surface area contributed by atoms with Gasteiger partial charge in [0.25, 0.3) is 0 Å². The topological polar surface area (TPSA) is 86.7 Å². The number of carbonyl (C=O) groups excluding carboxylic acids is 2. The van der Waals surface area contributed by atoms with E-state index in [0.717, 1.165) is 0 Å². The van der Waals surface area contributed by atoms with Crippen molar-refractivity contribution < 1.29 is 24.1 Å². The molecule has 0 spiro atoms. The zero-order valence-corrected chi connectivity index (χ0v) is 16.0. The second kappa shape index (κ2) is 6.95. The van der Waals surface area contributed by atoms with Crippen LogP contribution in [0.4, 0.5) is 0 Å². The Hall–Kier alpha value is -1.16. The second-order valence-corrected chi connectivity index (χ2v) is 11.4. The van der Waals surface area contributed by atoms with Gasteiger partial charge in [-0.1, -0.05) is 0 Å². The van der Waals surface area contributed by atoms with E-state index in [-0.39, 0.29) is 8.47 Å². The van der Waals surface area contributed by atoms with Gasteiger partial charge in [0.15, 0.2) is 0 Å². The molecule has 0 radical (unpaired) electrons. The molecule has 0 unspecified atom stereocenters. The molecular weight excluding hydrogens is 423 g/mol. The van der Waals surface area contributed by atoms with Gasteiger partial charge in [-0.15, -0.1) is 0 Å². The van der Waals surface area contributed by atoms with E-state index < -0.39 is 47.2 Å². The van der Waals surface area contributed by atoms with E-state index in [1.807, 2.05) is 0 Å². The number of hydrogen-bond acceptors (Lipinski definition) is 6. The minimum atomic E-state index is -3.67. The molecule has 124 valence electrons. The van der Waals surface area contributed by atoms with Crippen LogP contribution in [0, 0.1) is 3.57 Å². The van der Waals surface area contributed by atoms with Crippen LogP contribution < -0.4 is 0 Å². The molecular formula is C14H19IO6S. The molecule has 0 amide bonds. The van der Waals surface area contributed by atoms with Crippen molar-refractivity contribution in [3.63, 3.8) is 0 Å². The average molecular weight is 442 g/mol. The molecule has 6 nitrogen and oxygen atoms in total. The number of halogens is 1. The van der Waals surface area contributed by atoms with E-state index in [2.05, 4.69) is 0 Å². The molecule has 0 bridgehead atoms. The van der Waals surface area contributed by atoms with Gasteiger partial charge in [0.2, 0.25) is 0 Å². The van der Waals surface area contributed by atoms with Gasteiger partial charge >= 0.3 is 139 Å². The predicted molar refractivity (Wildman–Crippen MR) is 89.6 cm³/mol. The monoisotopic (exact) mass is 442 g/mol. The summed E-state index contributed by atoms with van der Waals surface area (Å²) in [6.07, 6.45) is 0. The third-order valence-electron chi connectivity index (χ3n) is 2.46. The standard InChI is InChI=1S/C14H19IO6S/c1-10(16)20-15(21-11(2)17)12-8-6-7-9-13(12)22(18,19)14(3,4)5/h6-9H,1-5H3. The van der Waals surface area contributed by atoms with Crippen molar-refractivity contribution in [1.82, 2.24) is 0 Å². The molecule has 0 N–H and O–H groups in total. The van der Waals surface area contributed by atoms with E-state index in [9.17, 15) is 18.0 Å². The van der Waals surface area contributed by atoms with Crippen LogP contribution in [0.25, 0.3) is 0 Å². The number of benzene rings is 1. The fraction of sp³-hybridized carbons (Fsp3) is 0.429. The van der Waals surface area contributed by atoms with Gasteiger partial charge in [-0.25, -0.2) is 0 Å². The molecule has 1 aromatic carbocycles. The minimum absolute atomic E-state index is 0.0372. The number of hydrogen-bond donors (Lipinski definition) is 0. The van der Waals surface area contributed by atoms with Crippen molar-refractivity contribution in [3.05, 3.63) is 27.8 Å². The van der Waals surface area contributed by atoms with Crippen LogP contribution in [0.2, 0.25) is 0 Å². The van der Waals surface area contributed by atoms with Gasteiger partial charge in [-0.05, 0) is 0 Å². The van der Waals surface area contributed by atoms with E-state index in [1.54, 1.807) is 32.9 Å². The van der Waals surface area contributed by atoms with Gasteiger partial charge in [0.05, 0.1) is 0 Å². The first-order valence-corrected chi connectivity index (χ1v) is 10.7. The second-order valence-electron chi connectivity index (χ2n) is 5.40. The van der Waals surface area contributed by atoms with Crippen molar-refractivity contribution in [1.29, 1.82) is 0 Å². The Bertz CT molecular complexity index is 659. The summed E-state index contributed by atoms with van der Waals surface area (Å²) in [5.41, 5.74) is 0. The average Bonchev–Trinajstić information content (AvgIpc) is 2.35. The molecule has 0 aliphatic heterocycles. The zero-order valence-electron chi connectivity index (χ0n) is 13.0. The summed E-state index contributed by atoms with van der Waals surface area (Å²) in [6, 6.07) is 6.16. The summed E-state index contributed by atoms with van der Waals surface area (Å²) in [6.45, 7) is 7.11. The van der Waals surface area contributed by atoms with E-state index in [0.29, 0.717) is 0 Å². The van der Waals surface area contributed by atoms with Crippen molar-refractivity contribution in [2.45, 2.75) is 44.3 Å². The van der Waals surface area contributed by atoms with Gasteiger partial charge in [-0.2, -0.15) is 0 Å². The number of rotatable bonds is 4. The Morgan fingerprint density at radius 3 is 1.86 bits per heavy atom. The summed E-state index contributed by atoms with van der Waals surface area (Å²) >= 11 is -3.20. The van der Waals surface area contributed by atoms with Crippen LogP contribution in [-0.2, 0) is 25.6 Å². The van der Waals surface area contributed by atoms with Crippen LogP contribution in [0.3, 0.4) is 0 Å². The summed E-state index contributed by atoms with van der Waals surface area (Å²) in [5, 5.41) is 0. The molecule has 0 saturated carbocycles. The molecule has 0 aromatic heterocycles. The fourth-order valence-corrected chi connectivity index (χ4v) is 6.76. The Balaban J connectivity index is 3.46. The predicted octanol–water partition coefficient (Wildman–Crippen LogP) is 2.89. The van der Waals surface area contributed by atoms with E-state index >= 15 is 0 Å². The molecule has 0 atom stereocenters. The molecule has 22 heavy (non-hydrogen) atoms. The molecule has 8 heteroatoms. The van der Waals surface area contributed by atoms with Crippen LogP contribution in [0.1, 0.15) is 34.6 Å². The Labute approximate surface area is 138 Å². The number of carbonyl (C=O) groups is 2. The fourth-order valence-electron chi connectivity index (χ4n) is 1.42. The maximum atomic E-state index is 12.7. The SMILES string of the molecule is CC(=O)OI(OC(C)=O)c1ccccc1S(=O)(=O)C(C)(C)C. The third-order valence-corrected chi connectivity index (χ3v) is 9.30. The van der Waals surface area contributed by atoms with Gasteiger partial charge in [0, 0.05) is 0 Å². The summed E-state index contributed by atoms with van der Waals surface area (Å²) in [7, 11) is -3.67. The third kappa shape index (κ3) is 4.42. The van der Waals surface area contributed by atoms with Gasteiger partial charge in [-0.3, -0.25) is 0 Å². The zero-order chi connectivity index (χ0) is 17.1. The summed E-state index contributed by atoms with van der Waals surface area (Å²) in [4.78, 5) is 22.5. The molecule has 0 heterocycles. The molecule has 0 saturated heterocycles. The van der Waals surface area contributed by atoms with Gasteiger partial charge in [0.1, 0.15) is 0 Å². The van der Waals surface area contributed by atoms with Crippen molar-refractivity contribution in [2.75, 3.05) is 0 Å². The molecule has 1 aromatic rings.